The summed E-state index contributed by atoms with van der Waals surface area (Å²) in [5.74, 6) is 1.75. The van der Waals surface area contributed by atoms with E-state index in [4.69, 9.17) is 9.47 Å². The van der Waals surface area contributed by atoms with E-state index in [1.54, 1.807) is 7.11 Å². The van der Waals surface area contributed by atoms with Crippen LogP contribution < -0.4 is 9.47 Å². The zero-order valence-electron chi connectivity index (χ0n) is 11.9. The second-order valence-electron chi connectivity index (χ2n) is 4.69. The molecule has 19 heavy (non-hydrogen) atoms. The van der Waals surface area contributed by atoms with Gasteiger partial charge in [-0.3, -0.25) is 0 Å². The molecule has 0 spiro atoms. The molecule has 1 aromatic rings. The highest BCUT2D eigenvalue weighted by molar-refractivity contribution is 9.09. The van der Waals surface area contributed by atoms with Crippen LogP contribution in [0.3, 0.4) is 0 Å². The van der Waals surface area contributed by atoms with Gasteiger partial charge in [-0.1, -0.05) is 54.1 Å². The number of benzene rings is 1. The van der Waals surface area contributed by atoms with Crippen LogP contribution in [-0.4, -0.2) is 19.0 Å². The molecular weight excluding hydrogens is 304 g/mol. The first-order valence-electron chi connectivity index (χ1n) is 7.19. The average Bonchev–Trinajstić information content (AvgIpc) is 2.46. The standard InChI is InChI=1S/C16H25BrO2/c1-18-15-10-9-11-16(14-15)19-13-8-6-4-2-3-5-7-12-17/h9-11,14H,2-8,12-13H2,1H3. The lowest BCUT2D eigenvalue weighted by Crippen LogP contribution is -1.97. The van der Waals surface area contributed by atoms with Crippen molar-refractivity contribution in [3.05, 3.63) is 24.3 Å². The molecule has 0 heterocycles. The number of halogens is 1. The number of unbranched alkanes of at least 4 members (excludes halogenated alkanes) is 6. The van der Waals surface area contributed by atoms with Crippen LogP contribution in [0.25, 0.3) is 0 Å². The second kappa shape index (κ2) is 11.2. The molecule has 0 saturated carbocycles. The van der Waals surface area contributed by atoms with Crippen LogP contribution in [0.5, 0.6) is 11.5 Å². The Labute approximate surface area is 125 Å². The lowest BCUT2D eigenvalue weighted by Gasteiger charge is -2.07. The zero-order valence-corrected chi connectivity index (χ0v) is 13.5. The van der Waals surface area contributed by atoms with Gasteiger partial charge in [0, 0.05) is 11.4 Å². The number of ether oxygens (including phenoxy) is 2. The molecule has 0 aliphatic carbocycles. The van der Waals surface area contributed by atoms with E-state index < -0.39 is 0 Å². The summed E-state index contributed by atoms with van der Waals surface area (Å²) in [5.41, 5.74) is 0. The average molecular weight is 329 g/mol. The highest BCUT2D eigenvalue weighted by Gasteiger charge is 1.97. The van der Waals surface area contributed by atoms with Crippen molar-refractivity contribution in [1.82, 2.24) is 0 Å². The fraction of sp³-hybridized carbons (Fsp3) is 0.625. The van der Waals surface area contributed by atoms with Crippen LogP contribution in [0.1, 0.15) is 44.9 Å². The smallest absolute Gasteiger partial charge is 0.122 e. The first kappa shape index (κ1) is 16.4. The molecule has 1 rings (SSSR count). The molecule has 0 bridgehead atoms. The minimum Gasteiger partial charge on any atom is -0.497 e. The Hall–Kier alpha value is -0.700. The normalized spacial score (nSPS) is 10.4. The predicted molar refractivity (Wildman–Crippen MR) is 84.6 cm³/mol. The predicted octanol–water partition coefficient (Wildman–Crippen LogP) is 5.20. The molecule has 2 nitrogen and oxygen atoms in total. The quantitative estimate of drug-likeness (QED) is 0.410. The van der Waals surface area contributed by atoms with E-state index in [0.717, 1.165) is 29.9 Å². The molecule has 0 unspecified atom stereocenters. The first-order chi connectivity index (χ1) is 9.36. The molecule has 0 amide bonds. The number of hydrogen-bond acceptors (Lipinski definition) is 2. The molecule has 0 aliphatic rings. The molecule has 108 valence electrons. The van der Waals surface area contributed by atoms with Crippen molar-refractivity contribution in [2.45, 2.75) is 44.9 Å². The van der Waals surface area contributed by atoms with Gasteiger partial charge in [0.1, 0.15) is 11.5 Å². The molecule has 0 aromatic heterocycles. The van der Waals surface area contributed by atoms with Crippen molar-refractivity contribution in [1.29, 1.82) is 0 Å². The van der Waals surface area contributed by atoms with Crippen LogP contribution in [0, 0.1) is 0 Å². The van der Waals surface area contributed by atoms with Gasteiger partial charge in [0.05, 0.1) is 13.7 Å². The van der Waals surface area contributed by atoms with Gasteiger partial charge < -0.3 is 9.47 Å². The second-order valence-corrected chi connectivity index (χ2v) is 5.48. The van der Waals surface area contributed by atoms with Crippen molar-refractivity contribution in [3.63, 3.8) is 0 Å². The zero-order chi connectivity index (χ0) is 13.8. The Bertz CT molecular complexity index is 328. The van der Waals surface area contributed by atoms with E-state index in [1.165, 1.54) is 38.5 Å². The highest BCUT2D eigenvalue weighted by Crippen LogP contribution is 2.19. The fourth-order valence-corrected chi connectivity index (χ4v) is 2.36. The summed E-state index contributed by atoms with van der Waals surface area (Å²) in [6.07, 6.45) is 9.09. The van der Waals surface area contributed by atoms with E-state index in [1.807, 2.05) is 24.3 Å². The minimum absolute atomic E-state index is 0.800. The summed E-state index contributed by atoms with van der Waals surface area (Å²) in [7, 11) is 1.68. The van der Waals surface area contributed by atoms with Crippen molar-refractivity contribution in [2.75, 3.05) is 19.0 Å². The maximum Gasteiger partial charge on any atom is 0.122 e. The van der Waals surface area contributed by atoms with E-state index >= 15 is 0 Å². The third kappa shape index (κ3) is 8.14. The molecule has 0 saturated heterocycles. The van der Waals surface area contributed by atoms with Gasteiger partial charge in [0.2, 0.25) is 0 Å². The van der Waals surface area contributed by atoms with Crippen molar-refractivity contribution < 1.29 is 9.47 Å². The molecule has 3 heteroatoms. The van der Waals surface area contributed by atoms with Gasteiger partial charge in [-0.05, 0) is 25.0 Å². The van der Waals surface area contributed by atoms with Crippen molar-refractivity contribution in [2.24, 2.45) is 0 Å². The van der Waals surface area contributed by atoms with Gasteiger partial charge in [-0.15, -0.1) is 0 Å². The van der Waals surface area contributed by atoms with Crippen LogP contribution in [0.15, 0.2) is 24.3 Å². The molecule has 1 aromatic carbocycles. The molecule has 0 atom stereocenters. The first-order valence-corrected chi connectivity index (χ1v) is 8.32. The van der Waals surface area contributed by atoms with Gasteiger partial charge in [0.25, 0.3) is 0 Å². The van der Waals surface area contributed by atoms with Crippen molar-refractivity contribution >= 4 is 15.9 Å². The van der Waals surface area contributed by atoms with Gasteiger partial charge >= 0.3 is 0 Å². The van der Waals surface area contributed by atoms with E-state index in [0.29, 0.717) is 0 Å². The molecule has 0 aliphatic heterocycles. The SMILES string of the molecule is COc1cccc(OCCCCCCCCCBr)c1. The topological polar surface area (TPSA) is 18.5 Å². The van der Waals surface area contributed by atoms with Crippen molar-refractivity contribution in [3.8, 4) is 11.5 Å². The maximum absolute atomic E-state index is 5.71. The summed E-state index contributed by atoms with van der Waals surface area (Å²) in [6, 6.07) is 7.79. The van der Waals surface area contributed by atoms with Gasteiger partial charge in [0.15, 0.2) is 0 Å². The molecular formula is C16H25BrO2. The van der Waals surface area contributed by atoms with Crippen LogP contribution >= 0.6 is 15.9 Å². The van der Waals surface area contributed by atoms with E-state index in [2.05, 4.69) is 15.9 Å². The Morgan fingerprint density at radius 2 is 1.53 bits per heavy atom. The molecule has 0 fully saturated rings. The number of methoxy groups -OCH3 is 1. The number of alkyl halides is 1. The number of rotatable bonds is 11. The number of hydrogen-bond donors (Lipinski definition) is 0. The summed E-state index contributed by atoms with van der Waals surface area (Å²) >= 11 is 3.46. The van der Waals surface area contributed by atoms with Crippen LogP contribution in [0.2, 0.25) is 0 Å². The fourth-order valence-electron chi connectivity index (χ4n) is 1.96. The van der Waals surface area contributed by atoms with Gasteiger partial charge in [-0.2, -0.15) is 0 Å². The van der Waals surface area contributed by atoms with Gasteiger partial charge in [-0.25, -0.2) is 0 Å². The lowest BCUT2D eigenvalue weighted by molar-refractivity contribution is 0.302. The Balaban J connectivity index is 1.98. The molecule has 0 radical (unpaired) electrons. The summed E-state index contributed by atoms with van der Waals surface area (Å²) in [4.78, 5) is 0. The Kier molecular flexibility index (Phi) is 9.60. The third-order valence-electron chi connectivity index (χ3n) is 3.09. The van der Waals surface area contributed by atoms with E-state index in [-0.39, 0.29) is 0 Å². The Morgan fingerprint density at radius 3 is 2.21 bits per heavy atom. The summed E-state index contributed by atoms with van der Waals surface area (Å²) in [5, 5.41) is 1.14. The monoisotopic (exact) mass is 328 g/mol. The Morgan fingerprint density at radius 1 is 0.895 bits per heavy atom. The maximum atomic E-state index is 5.71. The summed E-state index contributed by atoms with van der Waals surface area (Å²) in [6.45, 7) is 0.800. The van der Waals surface area contributed by atoms with Crippen LogP contribution in [-0.2, 0) is 0 Å². The van der Waals surface area contributed by atoms with Crippen LogP contribution in [0.4, 0.5) is 0 Å². The van der Waals surface area contributed by atoms with E-state index in [9.17, 15) is 0 Å². The molecule has 0 N–H and O–H groups in total. The largest absolute Gasteiger partial charge is 0.497 e. The highest BCUT2D eigenvalue weighted by atomic mass is 79.9. The third-order valence-corrected chi connectivity index (χ3v) is 3.65. The minimum atomic E-state index is 0.800. The summed E-state index contributed by atoms with van der Waals surface area (Å²) < 4.78 is 10.9. The lowest BCUT2D eigenvalue weighted by atomic mass is 10.1.